The first-order valence-corrected chi connectivity index (χ1v) is 11.1. The zero-order valence-electron chi connectivity index (χ0n) is 14.4. The fraction of sp³-hybridized carbons (Fsp3) is 0.632. The molecular weight excluding hydrogens is 350 g/mol. The summed E-state index contributed by atoms with van der Waals surface area (Å²) in [4.78, 5) is 20.4. The second-order valence-corrected chi connectivity index (χ2v) is 9.18. The van der Waals surface area contributed by atoms with E-state index in [1.165, 1.54) is 67.1 Å². The Balaban J connectivity index is 1.80. The van der Waals surface area contributed by atoms with Gasteiger partial charge in [-0.3, -0.25) is 9.36 Å². The van der Waals surface area contributed by atoms with Gasteiger partial charge in [-0.2, -0.15) is 5.26 Å². The molecule has 2 heterocycles. The minimum atomic E-state index is 0.135. The van der Waals surface area contributed by atoms with Crippen molar-refractivity contribution in [1.82, 2.24) is 9.55 Å². The van der Waals surface area contributed by atoms with Gasteiger partial charge in [-0.15, -0.1) is 11.3 Å². The van der Waals surface area contributed by atoms with E-state index in [0.717, 1.165) is 34.8 Å². The van der Waals surface area contributed by atoms with Crippen LogP contribution < -0.4 is 5.56 Å². The maximum absolute atomic E-state index is 13.4. The molecule has 0 radical (unpaired) electrons. The van der Waals surface area contributed by atoms with Crippen molar-refractivity contribution in [1.29, 1.82) is 5.26 Å². The first-order chi connectivity index (χ1) is 12.3. The van der Waals surface area contributed by atoms with Gasteiger partial charge in [0.2, 0.25) is 0 Å². The molecule has 0 saturated heterocycles. The number of nitriles is 1. The van der Waals surface area contributed by atoms with Crippen LogP contribution >= 0.6 is 23.1 Å². The average Bonchev–Trinajstić information content (AvgIpc) is 3.02. The molecule has 0 spiro atoms. The third kappa shape index (κ3) is 3.37. The van der Waals surface area contributed by atoms with Gasteiger partial charge in [0.15, 0.2) is 5.16 Å². The molecule has 2 aromatic heterocycles. The fourth-order valence-corrected chi connectivity index (χ4v) is 6.19. The Kier molecular flexibility index (Phi) is 5.14. The highest BCUT2D eigenvalue weighted by Crippen LogP contribution is 2.35. The van der Waals surface area contributed by atoms with Crippen LogP contribution in [0.2, 0.25) is 0 Å². The normalized spacial score (nSPS) is 18.2. The van der Waals surface area contributed by atoms with E-state index in [9.17, 15) is 4.79 Å². The molecule has 0 bridgehead atoms. The molecule has 132 valence electrons. The minimum absolute atomic E-state index is 0.135. The van der Waals surface area contributed by atoms with Crippen LogP contribution in [0.25, 0.3) is 10.2 Å². The summed E-state index contributed by atoms with van der Waals surface area (Å²) in [5.41, 5.74) is 1.40. The second kappa shape index (κ2) is 7.51. The summed E-state index contributed by atoms with van der Waals surface area (Å²) in [6.07, 6.45) is 10.7. The van der Waals surface area contributed by atoms with E-state index < -0.39 is 0 Å². The molecular formula is C19H23N3OS2. The zero-order chi connectivity index (χ0) is 17.2. The molecule has 6 heteroatoms. The Hall–Kier alpha value is -1.32. The number of fused-ring (bicyclic) bond motifs is 3. The molecule has 0 unspecified atom stereocenters. The Labute approximate surface area is 156 Å². The molecule has 25 heavy (non-hydrogen) atoms. The predicted molar refractivity (Wildman–Crippen MR) is 103 cm³/mol. The SMILES string of the molecule is N#CCSc1nc2sc3c(c2c(=O)n1CC1CCCCC1)CCCC3. The van der Waals surface area contributed by atoms with E-state index in [2.05, 4.69) is 6.07 Å². The lowest BCUT2D eigenvalue weighted by atomic mass is 9.89. The number of nitrogens with zero attached hydrogens (tertiary/aromatic N) is 3. The smallest absolute Gasteiger partial charge is 0.263 e. The molecule has 0 N–H and O–H groups in total. The number of aromatic nitrogens is 2. The fourth-order valence-electron chi connectivity index (χ4n) is 4.22. The molecule has 1 saturated carbocycles. The summed E-state index contributed by atoms with van der Waals surface area (Å²) < 4.78 is 1.89. The summed E-state index contributed by atoms with van der Waals surface area (Å²) in [5, 5.41) is 10.6. The van der Waals surface area contributed by atoms with Crippen LogP contribution in [-0.2, 0) is 19.4 Å². The third-order valence-corrected chi connectivity index (χ3v) is 7.50. The molecule has 4 nitrogen and oxygen atoms in total. The molecule has 0 aliphatic heterocycles. The quantitative estimate of drug-likeness (QED) is 0.583. The zero-order valence-corrected chi connectivity index (χ0v) is 16.1. The average molecular weight is 374 g/mol. The van der Waals surface area contributed by atoms with Crippen LogP contribution in [0, 0.1) is 17.2 Å². The maximum Gasteiger partial charge on any atom is 0.263 e. The highest BCUT2D eigenvalue weighted by atomic mass is 32.2. The molecule has 0 aromatic carbocycles. The maximum atomic E-state index is 13.4. The molecule has 0 amide bonds. The lowest BCUT2D eigenvalue weighted by molar-refractivity contribution is 0.306. The van der Waals surface area contributed by atoms with Gasteiger partial charge in [0.1, 0.15) is 4.83 Å². The monoisotopic (exact) mass is 373 g/mol. The van der Waals surface area contributed by atoms with Gasteiger partial charge in [0.05, 0.1) is 17.2 Å². The van der Waals surface area contributed by atoms with Crippen LogP contribution in [0.1, 0.15) is 55.4 Å². The second-order valence-electron chi connectivity index (χ2n) is 7.15. The standard InChI is InChI=1S/C19H23N3OS2/c20-10-11-24-19-21-17-16(14-8-4-5-9-15(14)25-17)18(23)22(19)12-13-6-2-1-3-7-13/h13H,1-9,11-12H2. The van der Waals surface area contributed by atoms with Crippen LogP contribution in [0.3, 0.4) is 0 Å². The van der Waals surface area contributed by atoms with E-state index in [0.29, 0.717) is 11.7 Å². The minimum Gasteiger partial charge on any atom is -0.287 e. The van der Waals surface area contributed by atoms with E-state index in [4.69, 9.17) is 10.2 Å². The number of thiophene rings is 1. The van der Waals surface area contributed by atoms with E-state index in [-0.39, 0.29) is 5.56 Å². The highest BCUT2D eigenvalue weighted by Gasteiger charge is 2.24. The van der Waals surface area contributed by atoms with Gasteiger partial charge in [-0.05, 0) is 50.0 Å². The number of aryl methyl sites for hydroxylation is 2. The lowest BCUT2D eigenvalue weighted by Gasteiger charge is -2.23. The number of hydrogen-bond acceptors (Lipinski definition) is 5. The summed E-state index contributed by atoms with van der Waals surface area (Å²) in [7, 11) is 0. The first kappa shape index (κ1) is 17.1. The van der Waals surface area contributed by atoms with Crippen molar-refractivity contribution in [3.63, 3.8) is 0 Å². The van der Waals surface area contributed by atoms with Crippen molar-refractivity contribution in [3.05, 3.63) is 20.8 Å². The van der Waals surface area contributed by atoms with Gasteiger partial charge in [-0.25, -0.2) is 4.98 Å². The molecule has 1 fully saturated rings. The molecule has 4 rings (SSSR count). The molecule has 0 atom stereocenters. The van der Waals surface area contributed by atoms with Crippen LogP contribution in [-0.4, -0.2) is 15.3 Å². The van der Waals surface area contributed by atoms with E-state index in [1.807, 2.05) is 4.57 Å². The Bertz CT molecular complexity index is 871. The molecule has 2 aliphatic carbocycles. The number of rotatable bonds is 4. The van der Waals surface area contributed by atoms with Crippen molar-refractivity contribution in [2.45, 2.75) is 69.5 Å². The third-order valence-electron chi connectivity index (χ3n) is 5.47. The summed E-state index contributed by atoms with van der Waals surface area (Å²) in [6.45, 7) is 0.764. The van der Waals surface area contributed by atoms with Crippen molar-refractivity contribution in [3.8, 4) is 6.07 Å². The van der Waals surface area contributed by atoms with Gasteiger partial charge in [-0.1, -0.05) is 31.0 Å². The van der Waals surface area contributed by atoms with Gasteiger partial charge in [0, 0.05) is 11.4 Å². The Morgan fingerprint density at radius 2 is 2.00 bits per heavy atom. The predicted octanol–water partition coefficient (Wildman–Crippen LogP) is 4.53. The number of hydrogen-bond donors (Lipinski definition) is 0. The lowest BCUT2D eigenvalue weighted by Crippen LogP contribution is -2.28. The highest BCUT2D eigenvalue weighted by molar-refractivity contribution is 7.99. The first-order valence-electron chi connectivity index (χ1n) is 9.32. The van der Waals surface area contributed by atoms with E-state index >= 15 is 0 Å². The van der Waals surface area contributed by atoms with Gasteiger partial charge >= 0.3 is 0 Å². The summed E-state index contributed by atoms with van der Waals surface area (Å²) in [6, 6.07) is 2.17. The van der Waals surface area contributed by atoms with Gasteiger partial charge in [0.25, 0.3) is 5.56 Å². The summed E-state index contributed by atoms with van der Waals surface area (Å²) in [5.74, 6) is 0.912. The van der Waals surface area contributed by atoms with Crippen LogP contribution in [0.15, 0.2) is 9.95 Å². The molecule has 2 aliphatic rings. The Morgan fingerprint density at radius 3 is 2.80 bits per heavy atom. The molecule has 2 aromatic rings. The van der Waals surface area contributed by atoms with Crippen molar-refractivity contribution >= 4 is 33.3 Å². The van der Waals surface area contributed by atoms with Crippen LogP contribution in [0.4, 0.5) is 0 Å². The summed E-state index contributed by atoms with van der Waals surface area (Å²) >= 11 is 3.10. The van der Waals surface area contributed by atoms with Gasteiger partial charge < -0.3 is 0 Å². The topological polar surface area (TPSA) is 58.7 Å². The van der Waals surface area contributed by atoms with Crippen molar-refractivity contribution < 1.29 is 0 Å². The van der Waals surface area contributed by atoms with E-state index in [1.54, 1.807) is 11.3 Å². The van der Waals surface area contributed by atoms with Crippen molar-refractivity contribution in [2.75, 3.05) is 5.75 Å². The Morgan fingerprint density at radius 1 is 1.20 bits per heavy atom. The van der Waals surface area contributed by atoms with Crippen LogP contribution in [0.5, 0.6) is 0 Å². The van der Waals surface area contributed by atoms with Crippen molar-refractivity contribution in [2.24, 2.45) is 5.92 Å². The number of thioether (sulfide) groups is 1. The largest absolute Gasteiger partial charge is 0.287 e.